The lowest BCUT2D eigenvalue weighted by Gasteiger charge is -2.25. The number of nitrogens with zero attached hydrogens (tertiary/aromatic N) is 1. The molecule has 1 saturated heterocycles. The van der Waals surface area contributed by atoms with Gasteiger partial charge in [-0.25, -0.2) is 9.18 Å². The Morgan fingerprint density at radius 3 is 2.64 bits per heavy atom. The third-order valence-electron chi connectivity index (χ3n) is 3.88. The van der Waals surface area contributed by atoms with E-state index in [4.69, 9.17) is 11.6 Å². The number of amides is 2. The lowest BCUT2D eigenvalue weighted by molar-refractivity contribution is 0.207. The van der Waals surface area contributed by atoms with E-state index in [-0.39, 0.29) is 17.9 Å². The average Bonchev–Trinajstić information content (AvgIpc) is 3.00. The van der Waals surface area contributed by atoms with Crippen LogP contribution in [-0.4, -0.2) is 17.5 Å². The van der Waals surface area contributed by atoms with Crippen LogP contribution in [0, 0.1) is 5.82 Å². The molecule has 2 aromatic rings. The molecule has 114 valence electrons. The number of para-hydroxylation sites is 1. The van der Waals surface area contributed by atoms with Crippen LogP contribution in [0.4, 0.5) is 14.9 Å². The summed E-state index contributed by atoms with van der Waals surface area (Å²) >= 11 is 6.07. The van der Waals surface area contributed by atoms with Crippen molar-refractivity contribution in [3.8, 4) is 0 Å². The Balaban J connectivity index is 1.76. The third kappa shape index (κ3) is 3.07. The molecule has 0 unspecified atom stereocenters. The highest BCUT2D eigenvalue weighted by Crippen LogP contribution is 2.33. The van der Waals surface area contributed by atoms with Gasteiger partial charge in [-0.2, -0.15) is 0 Å². The zero-order valence-electron chi connectivity index (χ0n) is 11.9. The fraction of sp³-hybridized carbons (Fsp3) is 0.235. The monoisotopic (exact) mass is 318 g/mol. The van der Waals surface area contributed by atoms with Gasteiger partial charge in [-0.15, -0.1) is 0 Å². The van der Waals surface area contributed by atoms with Gasteiger partial charge in [-0.1, -0.05) is 35.9 Å². The first-order chi connectivity index (χ1) is 10.6. The number of carbonyl (C=O) groups is 1. The first-order valence-corrected chi connectivity index (χ1v) is 7.60. The molecule has 1 heterocycles. The Morgan fingerprint density at radius 1 is 1.18 bits per heavy atom. The molecule has 1 N–H and O–H groups in total. The van der Waals surface area contributed by atoms with Gasteiger partial charge in [0.1, 0.15) is 5.82 Å². The highest BCUT2D eigenvalue weighted by Gasteiger charge is 2.30. The van der Waals surface area contributed by atoms with Crippen molar-refractivity contribution in [2.45, 2.75) is 18.9 Å². The number of carbonyl (C=O) groups excluding carboxylic acids is 1. The topological polar surface area (TPSA) is 32.3 Å². The number of likely N-dealkylation sites (tertiary alicyclic amines) is 1. The fourth-order valence-corrected chi connectivity index (χ4v) is 2.97. The maximum atomic E-state index is 13.1. The highest BCUT2D eigenvalue weighted by atomic mass is 35.5. The smallest absolute Gasteiger partial charge is 0.317 e. The Morgan fingerprint density at radius 2 is 1.91 bits per heavy atom. The van der Waals surface area contributed by atoms with Crippen molar-refractivity contribution in [2.24, 2.45) is 0 Å². The van der Waals surface area contributed by atoms with E-state index in [1.807, 2.05) is 12.1 Å². The van der Waals surface area contributed by atoms with Gasteiger partial charge in [-0.05, 0) is 42.7 Å². The predicted octanol–water partition coefficient (Wildman–Crippen LogP) is 4.85. The Hall–Kier alpha value is -2.07. The van der Waals surface area contributed by atoms with Crippen molar-refractivity contribution >= 4 is 23.3 Å². The van der Waals surface area contributed by atoms with E-state index < -0.39 is 0 Å². The molecule has 0 aromatic heterocycles. The quantitative estimate of drug-likeness (QED) is 0.843. The summed E-state index contributed by atoms with van der Waals surface area (Å²) in [6.07, 6.45) is 1.81. The van der Waals surface area contributed by atoms with Gasteiger partial charge in [0.05, 0.1) is 16.8 Å². The number of benzene rings is 2. The predicted molar refractivity (Wildman–Crippen MR) is 85.6 cm³/mol. The summed E-state index contributed by atoms with van der Waals surface area (Å²) in [5, 5.41) is 3.35. The fourth-order valence-electron chi connectivity index (χ4n) is 2.79. The van der Waals surface area contributed by atoms with E-state index in [2.05, 4.69) is 5.32 Å². The molecule has 0 bridgehead atoms. The second kappa shape index (κ2) is 6.36. The summed E-state index contributed by atoms with van der Waals surface area (Å²) < 4.78 is 13.1. The molecular formula is C17H16ClFN2O. The Kier molecular flexibility index (Phi) is 4.29. The normalized spacial score (nSPS) is 17.5. The summed E-state index contributed by atoms with van der Waals surface area (Å²) in [6, 6.07) is 13.3. The highest BCUT2D eigenvalue weighted by molar-refractivity contribution is 6.33. The molecular weight excluding hydrogens is 303 g/mol. The number of anilines is 1. The van der Waals surface area contributed by atoms with Crippen LogP contribution >= 0.6 is 11.6 Å². The van der Waals surface area contributed by atoms with Crippen molar-refractivity contribution in [1.29, 1.82) is 0 Å². The molecule has 1 atom stereocenters. The number of nitrogens with one attached hydrogen (secondary N) is 1. The van der Waals surface area contributed by atoms with Crippen molar-refractivity contribution < 1.29 is 9.18 Å². The van der Waals surface area contributed by atoms with Gasteiger partial charge in [0.15, 0.2) is 0 Å². The van der Waals surface area contributed by atoms with E-state index in [1.165, 1.54) is 12.1 Å². The second-order valence-corrected chi connectivity index (χ2v) is 5.72. The molecule has 0 aliphatic carbocycles. The largest absolute Gasteiger partial charge is 0.322 e. The van der Waals surface area contributed by atoms with Crippen LogP contribution in [0.25, 0.3) is 0 Å². The molecule has 0 spiro atoms. The van der Waals surface area contributed by atoms with Crippen LogP contribution < -0.4 is 5.32 Å². The van der Waals surface area contributed by atoms with Gasteiger partial charge in [0.25, 0.3) is 0 Å². The van der Waals surface area contributed by atoms with Gasteiger partial charge in [0, 0.05) is 6.54 Å². The summed E-state index contributed by atoms with van der Waals surface area (Å²) in [6.45, 7) is 0.679. The second-order valence-electron chi connectivity index (χ2n) is 5.31. The van der Waals surface area contributed by atoms with Crippen molar-refractivity contribution in [2.75, 3.05) is 11.9 Å². The van der Waals surface area contributed by atoms with Crippen LogP contribution in [0.5, 0.6) is 0 Å². The standard InChI is InChI=1S/C17H16ClFN2O/c18-14-4-1-2-5-15(14)20-17(22)21-11-3-6-16(21)12-7-9-13(19)10-8-12/h1-2,4-5,7-10,16H,3,6,11H2,(H,20,22)/t16-/m0/s1. The van der Waals surface area contributed by atoms with E-state index >= 15 is 0 Å². The average molecular weight is 319 g/mol. The lowest BCUT2D eigenvalue weighted by atomic mass is 10.0. The maximum absolute atomic E-state index is 13.1. The first-order valence-electron chi connectivity index (χ1n) is 7.23. The van der Waals surface area contributed by atoms with Crippen LogP contribution in [0.3, 0.4) is 0 Å². The summed E-state index contributed by atoms with van der Waals surface area (Å²) in [4.78, 5) is 14.3. The third-order valence-corrected chi connectivity index (χ3v) is 4.21. The number of rotatable bonds is 2. The minimum Gasteiger partial charge on any atom is -0.317 e. The minimum atomic E-state index is -0.270. The van der Waals surface area contributed by atoms with Crippen molar-refractivity contribution in [1.82, 2.24) is 4.90 Å². The number of urea groups is 1. The molecule has 1 aliphatic heterocycles. The molecule has 2 amide bonds. The maximum Gasteiger partial charge on any atom is 0.322 e. The van der Waals surface area contributed by atoms with Gasteiger partial charge in [0.2, 0.25) is 0 Å². The molecule has 22 heavy (non-hydrogen) atoms. The van der Waals surface area contributed by atoms with E-state index in [0.29, 0.717) is 17.3 Å². The van der Waals surface area contributed by atoms with Gasteiger partial charge in [-0.3, -0.25) is 0 Å². The van der Waals surface area contributed by atoms with E-state index in [0.717, 1.165) is 18.4 Å². The van der Waals surface area contributed by atoms with Crippen molar-refractivity contribution in [3.63, 3.8) is 0 Å². The molecule has 2 aromatic carbocycles. The van der Waals surface area contributed by atoms with E-state index in [9.17, 15) is 9.18 Å². The van der Waals surface area contributed by atoms with Gasteiger partial charge < -0.3 is 10.2 Å². The van der Waals surface area contributed by atoms with Crippen LogP contribution in [-0.2, 0) is 0 Å². The molecule has 5 heteroatoms. The zero-order valence-corrected chi connectivity index (χ0v) is 12.7. The van der Waals surface area contributed by atoms with Gasteiger partial charge >= 0.3 is 6.03 Å². The first kappa shape index (κ1) is 14.9. The van der Waals surface area contributed by atoms with Crippen LogP contribution in [0.1, 0.15) is 24.4 Å². The number of halogens is 2. The Bertz CT molecular complexity index is 675. The Labute approximate surface area is 133 Å². The van der Waals surface area contributed by atoms with Crippen LogP contribution in [0.2, 0.25) is 5.02 Å². The summed E-state index contributed by atoms with van der Waals surface area (Å²) in [5.74, 6) is -0.270. The summed E-state index contributed by atoms with van der Waals surface area (Å²) in [7, 11) is 0. The molecule has 0 saturated carbocycles. The van der Waals surface area contributed by atoms with Crippen LogP contribution in [0.15, 0.2) is 48.5 Å². The SMILES string of the molecule is O=C(Nc1ccccc1Cl)N1CCC[C@H]1c1ccc(F)cc1. The summed E-state index contributed by atoms with van der Waals surface area (Å²) in [5.41, 5.74) is 1.55. The van der Waals surface area contributed by atoms with E-state index in [1.54, 1.807) is 29.2 Å². The molecule has 1 fully saturated rings. The molecule has 0 radical (unpaired) electrons. The van der Waals surface area contributed by atoms with Crippen molar-refractivity contribution in [3.05, 3.63) is 64.9 Å². The zero-order chi connectivity index (χ0) is 15.5. The number of hydrogen-bond acceptors (Lipinski definition) is 1. The molecule has 3 nitrogen and oxygen atoms in total. The molecule has 1 aliphatic rings. The molecule has 3 rings (SSSR count). The number of hydrogen-bond donors (Lipinski definition) is 1. The minimum absolute atomic E-state index is 0.0249. The lowest BCUT2D eigenvalue weighted by Crippen LogP contribution is -2.34.